The smallest absolute Gasteiger partial charge is 0.272 e. The van der Waals surface area contributed by atoms with Crippen LogP contribution < -0.4 is 5.32 Å². The zero-order valence-corrected chi connectivity index (χ0v) is 12.0. The minimum absolute atomic E-state index is 0.0390. The van der Waals surface area contributed by atoms with Gasteiger partial charge in [0.15, 0.2) is 0 Å². The maximum atomic E-state index is 12.5. The van der Waals surface area contributed by atoms with Crippen molar-refractivity contribution in [2.45, 2.75) is 18.9 Å². The molecule has 1 aromatic heterocycles. The molecule has 2 fully saturated rings. The maximum absolute atomic E-state index is 12.5. The summed E-state index contributed by atoms with van der Waals surface area (Å²) in [6.45, 7) is 3.32. The van der Waals surface area contributed by atoms with Crippen LogP contribution in [0.25, 0.3) is 0 Å². The van der Waals surface area contributed by atoms with Crippen LogP contribution in [0.5, 0.6) is 0 Å². The fourth-order valence-electron chi connectivity index (χ4n) is 3.05. The molecule has 112 valence electrons. The minimum Gasteiger partial charge on any atom is -0.336 e. The van der Waals surface area contributed by atoms with Gasteiger partial charge in [-0.3, -0.25) is 14.6 Å². The summed E-state index contributed by atoms with van der Waals surface area (Å²) in [7, 11) is 0. The van der Waals surface area contributed by atoms with E-state index in [1.165, 1.54) is 0 Å². The molecule has 1 atom stereocenters. The van der Waals surface area contributed by atoms with Crippen molar-refractivity contribution in [1.82, 2.24) is 20.1 Å². The molecule has 6 nitrogen and oxygen atoms in total. The topological polar surface area (TPSA) is 65.5 Å². The molecular weight excluding hydrogens is 268 g/mol. The van der Waals surface area contributed by atoms with Crippen LogP contribution >= 0.6 is 0 Å². The molecule has 3 rings (SSSR count). The number of piperidine rings is 1. The highest BCUT2D eigenvalue weighted by Crippen LogP contribution is 2.18. The molecule has 3 heterocycles. The number of hydrogen-bond donors (Lipinski definition) is 1. The second-order valence-corrected chi connectivity index (χ2v) is 5.53. The lowest BCUT2D eigenvalue weighted by atomic mass is 10.0. The van der Waals surface area contributed by atoms with Gasteiger partial charge in [-0.2, -0.15) is 0 Å². The Morgan fingerprint density at radius 3 is 3.00 bits per heavy atom. The van der Waals surface area contributed by atoms with E-state index in [4.69, 9.17) is 0 Å². The Hall–Kier alpha value is -1.95. The molecule has 2 aliphatic heterocycles. The standard InChI is InChI=1S/C15H20N4O2/c20-14-10-16-7-9-19(14)12-4-3-8-18(11-12)15(21)13-5-1-2-6-17-13/h1-2,5-6,12,16H,3-4,7-11H2. The van der Waals surface area contributed by atoms with Crippen LogP contribution in [0.4, 0.5) is 0 Å². The van der Waals surface area contributed by atoms with Crippen LogP contribution in [0, 0.1) is 0 Å². The van der Waals surface area contributed by atoms with Crippen molar-refractivity contribution in [2.75, 3.05) is 32.7 Å². The number of piperazine rings is 1. The fraction of sp³-hybridized carbons (Fsp3) is 0.533. The molecule has 0 aromatic carbocycles. The highest BCUT2D eigenvalue weighted by molar-refractivity contribution is 5.92. The highest BCUT2D eigenvalue weighted by Gasteiger charge is 2.32. The molecule has 2 saturated heterocycles. The molecule has 0 spiro atoms. The average molecular weight is 288 g/mol. The van der Waals surface area contributed by atoms with Gasteiger partial charge >= 0.3 is 0 Å². The first-order chi connectivity index (χ1) is 10.3. The Labute approximate surface area is 124 Å². The second kappa shape index (κ2) is 6.22. The van der Waals surface area contributed by atoms with E-state index >= 15 is 0 Å². The predicted molar refractivity (Wildman–Crippen MR) is 77.7 cm³/mol. The molecule has 2 amide bonds. The van der Waals surface area contributed by atoms with E-state index in [0.717, 1.165) is 32.5 Å². The number of hydrogen-bond acceptors (Lipinski definition) is 4. The van der Waals surface area contributed by atoms with E-state index in [2.05, 4.69) is 10.3 Å². The number of likely N-dealkylation sites (tertiary alicyclic amines) is 1. The summed E-state index contributed by atoms with van der Waals surface area (Å²) in [6, 6.07) is 5.50. The average Bonchev–Trinajstić information content (AvgIpc) is 2.55. The minimum atomic E-state index is -0.0390. The zero-order chi connectivity index (χ0) is 14.7. The van der Waals surface area contributed by atoms with Gasteiger partial charge in [0.1, 0.15) is 5.69 Å². The number of aromatic nitrogens is 1. The van der Waals surface area contributed by atoms with Crippen molar-refractivity contribution in [3.8, 4) is 0 Å². The van der Waals surface area contributed by atoms with Crippen LogP contribution in [0.1, 0.15) is 23.3 Å². The van der Waals surface area contributed by atoms with E-state index in [-0.39, 0.29) is 17.9 Å². The van der Waals surface area contributed by atoms with Crippen LogP contribution in [-0.2, 0) is 4.79 Å². The molecule has 21 heavy (non-hydrogen) atoms. The molecule has 1 N–H and O–H groups in total. The van der Waals surface area contributed by atoms with Crippen LogP contribution in [-0.4, -0.2) is 65.4 Å². The largest absolute Gasteiger partial charge is 0.336 e. The molecule has 0 aliphatic carbocycles. The molecule has 2 aliphatic rings. The Kier molecular flexibility index (Phi) is 4.15. The van der Waals surface area contributed by atoms with Crippen LogP contribution in [0.3, 0.4) is 0 Å². The number of pyridine rings is 1. The van der Waals surface area contributed by atoms with Crippen LogP contribution in [0.2, 0.25) is 0 Å². The number of nitrogens with zero attached hydrogens (tertiary/aromatic N) is 3. The van der Waals surface area contributed by atoms with Crippen molar-refractivity contribution in [2.24, 2.45) is 0 Å². The molecule has 1 aromatic rings. The van der Waals surface area contributed by atoms with Gasteiger partial charge in [-0.15, -0.1) is 0 Å². The van der Waals surface area contributed by atoms with E-state index in [0.29, 0.717) is 18.8 Å². The Balaban J connectivity index is 1.68. The monoisotopic (exact) mass is 288 g/mol. The zero-order valence-electron chi connectivity index (χ0n) is 12.0. The first kappa shape index (κ1) is 14.0. The van der Waals surface area contributed by atoms with E-state index in [9.17, 15) is 9.59 Å². The summed E-state index contributed by atoms with van der Waals surface area (Å²) < 4.78 is 0. The third kappa shape index (κ3) is 3.05. The van der Waals surface area contributed by atoms with Crippen molar-refractivity contribution in [1.29, 1.82) is 0 Å². The van der Waals surface area contributed by atoms with Gasteiger partial charge in [-0.25, -0.2) is 0 Å². The van der Waals surface area contributed by atoms with Crippen molar-refractivity contribution < 1.29 is 9.59 Å². The first-order valence-corrected chi connectivity index (χ1v) is 7.46. The van der Waals surface area contributed by atoms with Crippen molar-refractivity contribution >= 4 is 11.8 Å². The summed E-state index contributed by atoms with van der Waals surface area (Å²) in [4.78, 5) is 32.3. The van der Waals surface area contributed by atoms with Gasteiger partial charge in [0.05, 0.1) is 6.54 Å². The number of amides is 2. The predicted octanol–water partition coefficient (Wildman–Crippen LogP) is 0.118. The Morgan fingerprint density at radius 2 is 2.24 bits per heavy atom. The molecule has 0 radical (unpaired) electrons. The van der Waals surface area contributed by atoms with E-state index in [1.807, 2.05) is 15.9 Å². The van der Waals surface area contributed by atoms with Gasteiger partial charge in [0.25, 0.3) is 5.91 Å². The third-order valence-electron chi connectivity index (χ3n) is 4.13. The van der Waals surface area contributed by atoms with Crippen molar-refractivity contribution in [3.63, 3.8) is 0 Å². The number of carbonyl (C=O) groups excluding carboxylic acids is 2. The van der Waals surface area contributed by atoms with E-state index in [1.54, 1.807) is 18.3 Å². The SMILES string of the molecule is O=C(c1ccccn1)N1CCCC(N2CCNCC2=O)C1. The summed E-state index contributed by atoms with van der Waals surface area (Å²) >= 11 is 0. The van der Waals surface area contributed by atoms with Crippen molar-refractivity contribution in [3.05, 3.63) is 30.1 Å². The number of carbonyl (C=O) groups is 2. The summed E-state index contributed by atoms with van der Waals surface area (Å²) in [5, 5.41) is 3.08. The van der Waals surface area contributed by atoms with Gasteiger partial charge in [0, 0.05) is 38.4 Å². The number of nitrogens with one attached hydrogen (secondary N) is 1. The van der Waals surface area contributed by atoms with Crippen LogP contribution in [0.15, 0.2) is 24.4 Å². The lowest BCUT2D eigenvalue weighted by Gasteiger charge is -2.41. The maximum Gasteiger partial charge on any atom is 0.272 e. The lowest BCUT2D eigenvalue weighted by Crippen LogP contribution is -2.57. The second-order valence-electron chi connectivity index (χ2n) is 5.53. The molecule has 0 bridgehead atoms. The molecule has 1 unspecified atom stereocenters. The van der Waals surface area contributed by atoms with Gasteiger partial charge < -0.3 is 15.1 Å². The van der Waals surface area contributed by atoms with Gasteiger partial charge in [-0.05, 0) is 25.0 Å². The van der Waals surface area contributed by atoms with Gasteiger partial charge in [-0.1, -0.05) is 6.07 Å². The molecule has 6 heteroatoms. The third-order valence-corrected chi connectivity index (χ3v) is 4.13. The summed E-state index contributed by atoms with van der Waals surface area (Å²) in [6.07, 6.45) is 3.53. The normalized spacial score (nSPS) is 23.2. The van der Waals surface area contributed by atoms with Gasteiger partial charge in [0.2, 0.25) is 5.91 Å². The summed E-state index contributed by atoms with van der Waals surface area (Å²) in [5.41, 5.74) is 0.477. The quantitative estimate of drug-likeness (QED) is 0.839. The fourth-order valence-corrected chi connectivity index (χ4v) is 3.05. The highest BCUT2D eigenvalue weighted by atomic mass is 16.2. The lowest BCUT2D eigenvalue weighted by molar-refractivity contribution is -0.135. The van der Waals surface area contributed by atoms with E-state index < -0.39 is 0 Å². The summed E-state index contributed by atoms with van der Waals surface area (Å²) in [5.74, 6) is 0.0984. The Morgan fingerprint density at radius 1 is 1.33 bits per heavy atom. The molecular formula is C15H20N4O2. The first-order valence-electron chi connectivity index (χ1n) is 7.46. The number of rotatable bonds is 2. The Bertz CT molecular complexity index is 520. The molecule has 0 saturated carbocycles.